The first-order valence-electron chi connectivity index (χ1n) is 10.5. The Balaban J connectivity index is 1.88. The second-order valence-electron chi connectivity index (χ2n) is 7.68. The number of carboxylic acid groups (broad SMARTS) is 1. The number of rotatable bonds is 7. The Morgan fingerprint density at radius 2 is 1.92 bits per heavy atom. The maximum atomic E-state index is 13.3. The summed E-state index contributed by atoms with van der Waals surface area (Å²) in [6.45, 7) is -0.882. The Morgan fingerprint density at radius 3 is 2.61 bits per heavy atom. The summed E-state index contributed by atoms with van der Waals surface area (Å²) in [6, 6.07) is 12.5. The number of ether oxygens (including phenoxy) is 1. The summed E-state index contributed by atoms with van der Waals surface area (Å²) in [7, 11) is 0. The van der Waals surface area contributed by atoms with Crippen molar-refractivity contribution in [3.8, 4) is 17.1 Å². The van der Waals surface area contributed by atoms with Gasteiger partial charge in [0.25, 0.3) is 5.56 Å². The van der Waals surface area contributed by atoms with Crippen molar-refractivity contribution in [2.45, 2.75) is 6.18 Å². The van der Waals surface area contributed by atoms with E-state index in [9.17, 15) is 32.9 Å². The quantitative estimate of drug-likeness (QED) is 0.196. The molecular weight excluding hydrogens is 533 g/mol. The van der Waals surface area contributed by atoms with E-state index in [0.29, 0.717) is 0 Å². The molecule has 0 radical (unpaired) electrons. The van der Waals surface area contributed by atoms with Gasteiger partial charge >= 0.3 is 17.8 Å². The second-order valence-corrected chi connectivity index (χ2v) is 8.09. The Labute approximate surface area is 215 Å². The van der Waals surface area contributed by atoms with E-state index in [1.807, 2.05) is 0 Å². The van der Waals surface area contributed by atoms with E-state index in [0.717, 1.165) is 35.2 Å². The van der Waals surface area contributed by atoms with Gasteiger partial charge in [-0.1, -0.05) is 35.9 Å². The van der Waals surface area contributed by atoms with Crippen LogP contribution < -0.4 is 10.3 Å². The van der Waals surface area contributed by atoms with Crippen molar-refractivity contribution in [1.82, 2.24) is 9.66 Å². The third kappa shape index (κ3) is 5.47. The number of para-hydroxylation sites is 1. The van der Waals surface area contributed by atoms with Crippen molar-refractivity contribution in [2.24, 2.45) is 5.10 Å². The van der Waals surface area contributed by atoms with Gasteiger partial charge in [-0.05, 0) is 30.3 Å². The van der Waals surface area contributed by atoms with Crippen molar-refractivity contribution in [2.75, 3.05) is 6.61 Å². The number of aliphatic carboxylic acids is 1. The van der Waals surface area contributed by atoms with Crippen LogP contribution in [0.15, 0.2) is 70.6 Å². The molecular formula is C24H14ClF3N4O6. The molecule has 194 valence electrons. The molecule has 0 aliphatic heterocycles. The van der Waals surface area contributed by atoms with Crippen LogP contribution in [0.1, 0.15) is 11.1 Å². The predicted octanol–water partition coefficient (Wildman–Crippen LogP) is 4.99. The Kier molecular flexibility index (Phi) is 7.12. The second kappa shape index (κ2) is 10.3. The average molecular weight is 547 g/mol. The molecule has 38 heavy (non-hydrogen) atoms. The van der Waals surface area contributed by atoms with E-state index in [-0.39, 0.29) is 32.9 Å². The monoisotopic (exact) mass is 546 g/mol. The number of nitro benzene ring substituents is 1. The largest absolute Gasteiger partial charge is 0.479 e. The molecule has 0 aliphatic rings. The van der Waals surface area contributed by atoms with Gasteiger partial charge in [0.1, 0.15) is 0 Å². The molecule has 1 aromatic heterocycles. The Morgan fingerprint density at radius 1 is 1.18 bits per heavy atom. The summed E-state index contributed by atoms with van der Waals surface area (Å²) in [5.41, 5.74) is -2.16. The van der Waals surface area contributed by atoms with Gasteiger partial charge in [-0.2, -0.15) is 22.9 Å². The third-order valence-corrected chi connectivity index (χ3v) is 5.39. The number of halogens is 4. The van der Waals surface area contributed by atoms with E-state index in [1.54, 1.807) is 12.1 Å². The van der Waals surface area contributed by atoms with Crippen molar-refractivity contribution in [3.05, 3.63) is 97.3 Å². The molecule has 10 nitrogen and oxygen atoms in total. The first-order chi connectivity index (χ1) is 18.0. The Hall–Kier alpha value is -4.78. The van der Waals surface area contributed by atoms with Gasteiger partial charge < -0.3 is 9.84 Å². The molecule has 0 amide bonds. The molecule has 14 heteroatoms. The normalized spacial score (nSPS) is 11.7. The van der Waals surface area contributed by atoms with E-state index >= 15 is 0 Å². The zero-order chi connectivity index (χ0) is 27.6. The average Bonchev–Trinajstić information content (AvgIpc) is 2.86. The number of carbonyl (C=O) groups is 1. The number of carboxylic acids is 1. The molecule has 3 aromatic carbocycles. The highest BCUT2D eigenvalue weighted by Gasteiger charge is 2.31. The molecule has 0 unspecified atom stereocenters. The number of nitrogens with zero attached hydrogens (tertiary/aromatic N) is 4. The molecule has 0 fully saturated rings. The molecule has 0 bridgehead atoms. The lowest BCUT2D eigenvalue weighted by atomic mass is 10.1. The van der Waals surface area contributed by atoms with E-state index in [4.69, 9.17) is 21.4 Å². The molecule has 0 atom stereocenters. The molecule has 0 saturated carbocycles. The van der Waals surface area contributed by atoms with Gasteiger partial charge in [0.15, 0.2) is 12.4 Å². The molecule has 1 heterocycles. The minimum atomic E-state index is -4.65. The summed E-state index contributed by atoms with van der Waals surface area (Å²) >= 11 is 6.07. The number of aromatic nitrogens is 2. The van der Waals surface area contributed by atoms with Crippen LogP contribution in [0.5, 0.6) is 5.75 Å². The maximum absolute atomic E-state index is 13.3. The first kappa shape index (κ1) is 26.3. The summed E-state index contributed by atoms with van der Waals surface area (Å²) in [4.78, 5) is 39.0. The van der Waals surface area contributed by atoms with Gasteiger partial charge in [0.2, 0.25) is 5.75 Å². The lowest BCUT2D eigenvalue weighted by Gasteiger charge is -2.12. The molecule has 0 spiro atoms. The summed E-state index contributed by atoms with van der Waals surface area (Å²) in [5, 5.41) is 24.2. The van der Waals surface area contributed by atoms with Crippen LogP contribution in [0.2, 0.25) is 5.02 Å². The topological polar surface area (TPSA) is 137 Å². The first-order valence-corrected chi connectivity index (χ1v) is 10.9. The van der Waals surface area contributed by atoms with Gasteiger partial charge in [-0.25, -0.2) is 9.78 Å². The molecule has 0 saturated heterocycles. The minimum absolute atomic E-state index is 0.0134. The number of hydrogen-bond donors (Lipinski definition) is 1. The highest BCUT2D eigenvalue weighted by molar-refractivity contribution is 6.32. The zero-order valence-corrected chi connectivity index (χ0v) is 19.6. The standard InChI is InChI=1S/C24H14ClF3N4O6/c25-17-8-13(9-19(32(36)37)21(17)38-12-20(33)34)11-29-31-22(14-4-3-5-15(10-14)24(26,27)28)30-18-7-2-1-6-16(18)23(31)35/h1-11H,12H2,(H,33,34). The SMILES string of the molecule is O=C(O)COc1c(Cl)cc(C=Nn2c(-c3cccc(C(F)(F)F)c3)nc3ccccc3c2=O)cc1[N+](=O)[O-]. The van der Waals surface area contributed by atoms with Gasteiger partial charge in [0, 0.05) is 17.2 Å². The predicted molar refractivity (Wildman–Crippen MR) is 131 cm³/mol. The van der Waals surface area contributed by atoms with Crippen LogP contribution in [0.3, 0.4) is 0 Å². The fraction of sp³-hybridized carbons (Fsp3) is 0.0833. The van der Waals surface area contributed by atoms with Gasteiger partial charge in [-0.3, -0.25) is 14.9 Å². The van der Waals surface area contributed by atoms with Crippen molar-refractivity contribution in [1.29, 1.82) is 0 Å². The fourth-order valence-electron chi connectivity index (χ4n) is 3.46. The van der Waals surface area contributed by atoms with Crippen LogP contribution in [0.25, 0.3) is 22.3 Å². The molecule has 0 aliphatic carbocycles. The number of fused-ring (bicyclic) bond motifs is 1. The number of hydrogen-bond acceptors (Lipinski definition) is 7. The molecule has 4 aromatic rings. The lowest BCUT2D eigenvalue weighted by Crippen LogP contribution is -2.20. The molecule has 4 rings (SSSR count). The van der Waals surface area contributed by atoms with Crippen LogP contribution >= 0.6 is 11.6 Å². The van der Waals surface area contributed by atoms with Crippen LogP contribution in [0, 0.1) is 10.1 Å². The third-order valence-electron chi connectivity index (χ3n) is 5.11. The van der Waals surface area contributed by atoms with Crippen molar-refractivity contribution in [3.63, 3.8) is 0 Å². The van der Waals surface area contributed by atoms with Crippen molar-refractivity contribution >= 4 is 40.4 Å². The van der Waals surface area contributed by atoms with E-state index < -0.39 is 46.2 Å². The summed E-state index contributed by atoms with van der Waals surface area (Å²) in [5.74, 6) is -2.07. The van der Waals surface area contributed by atoms with Crippen molar-refractivity contribution < 1.29 is 32.7 Å². The summed E-state index contributed by atoms with van der Waals surface area (Å²) in [6.07, 6.45) is -3.63. The maximum Gasteiger partial charge on any atom is 0.416 e. The lowest BCUT2D eigenvalue weighted by molar-refractivity contribution is -0.385. The van der Waals surface area contributed by atoms with Gasteiger partial charge in [0.05, 0.1) is 32.6 Å². The number of alkyl halides is 3. The zero-order valence-electron chi connectivity index (χ0n) is 18.8. The molecule has 1 N–H and O–H groups in total. The van der Waals surface area contributed by atoms with E-state index in [2.05, 4.69) is 10.1 Å². The summed E-state index contributed by atoms with van der Waals surface area (Å²) < 4.78 is 45.7. The fourth-order valence-corrected chi connectivity index (χ4v) is 3.74. The van der Waals surface area contributed by atoms with E-state index in [1.165, 1.54) is 24.3 Å². The van der Waals surface area contributed by atoms with Crippen LogP contribution in [-0.2, 0) is 11.0 Å². The Bertz CT molecular complexity index is 1670. The minimum Gasteiger partial charge on any atom is -0.479 e. The highest BCUT2D eigenvalue weighted by Crippen LogP contribution is 2.36. The van der Waals surface area contributed by atoms with Crippen LogP contribution in [-0.4, -0.2) is 38.5 Å². The number of benzene rings is 3. The highest BCUT2D eigenvalue weighted by atomic mass is 35.5. The number of nitro groups is 1. The smallest absolute Gasteiger partial charge is 0.416 e. The van der Waals surface area contributed by atoms with Crippen LogP contribution in [0.4, 0.5) is 18.9 Å². The van der Waals surface area contributed by atoms with Gasteiger partial charge in [-0.15, -0.1) is 0 Å².